The van der Waals surface area contributed by atoms with E-state index in [1.165, 1.54) is 12.8 Å². The molecule has 2 amide bonds. The number of rotatable bonds is 7. The zero-order valence-corrected chi connectivity index (χ0v) is 16.4. The van der Waals surface area contributed by atoms with Crippen molar-refractivity contribution < 1.29 is 19.1 Å². The van der Waals surface area contributed by atoms with Gasteiger partial charge >= 0.3 is 0 Å². The minimum atomic E-state index is -0.519. The third-order valence-electron chi connectivity index (χ3n) is 5.65. The predicted octanol–water partition coefficient (Wildman–Crippen LogP) is 2.87. The van der Waals surface area contributed by atoms with Crippen LogP contribution in [0.15, 0.2) is 47.2 Å². The van der Waals surface area contributed by atoms with Crippen molar-refractivity contribution in [1.29, 1.82) is 0 Å². The summed E-state index contributed by atoms with van der Waals surface area (Å²) < 4.78 is 11.6. The Morgan fingerprint density at radius 1 is 1.31 bits per heavy atom. The lowest BCUT2D eigenvalue weighted by Crippen LogP contribution is -2.33. The summed E-state index contributed by atoms with van der Waals surface area (Å²) in [6.45, 7) is 0. The van der Waals surface area contributed by atoms with Crippen molar-refractivity contribution in [3.63, 3.8) is 0 Å². The molecule has 1 aliphatic carbocycles. The fourth-order valence-electron chi connectivity index (χ4n) is 4.17. The summed E-state index contributed by atoms with van der Waals surface area (Å²) in [6, 6.07) is 5.03. The minimum absolute atomic E-state index is 0.00901. The molecule has 2 heterocycles. The molecule has 152 valence electrons. The lowest BCUT2D eigenvalue weighted by atomic mass is 9.99. The van der Waals surface area contributed by atoms with E-state index in [2.05, 4.69) is 4.99 Å². The summed E-state index contributed by atoms with van der Waals surface area (Å²) in [5, 5.41) is 0. The van der Waals surface area contributed by atoms with Gasteiger partial charge < -0.3 is 20.1 Å². The fraction of sp³-hybridized carbons (Fsp3) is 0.409. The van der Waals surface area contributed by atoms with Gasteiger partial charge in [0, 0.05) is 24.2 Å². The van der Waals surface area contributed by atoms with Gasteiger partial charge in [-0.15, -0.1) is 0 Å². The van der Waals surface area contributed by atoms with E-state index in [0.717, 1.165) is 24.0 Å². The van der Waals surface area contributed by atoms with Crippen molar-refractivity contribution in [3.05, 3.63) is 47.8 Å². The van der Waals surface area contributed by atoms with E-state index in [-0.39, 0.29) is 24.3 Å². The molecule has 0 aromatic heterocycles. The van der Waals surface area contributed by atoms with Crippen LogP contribution in [0.25, 0.3) is 0 Å². The molecular formula is C22H25N3O4. The van der Waals surface area contributed by atoms with Crippen LogP contribution in [0.4, 0.5) is 0 Å². The summed E-state index contributed by atoms with van der Waals surface area (Å²) in [7, 11) is 1.59. The van der Waals surface area contributed by atoms with Crippen LogP contribution in [0.2, 0.25) is 0 Å². The Morgan fingerprint density at radius 3 is 2.79 bits per heavy atom. The molecule has 7 nitrogen and oxygen atoms in total. The molecule has 2 unspecified atom stereocenters. The second kappa shape index (κ2) is 8.11. The van der Waals surface area contributed by atoms with Crippen LogP contribution >= 0.6 is 0 Å². The van der Waals surface area contributed by atoms with Crippen molar-refractivity contribution >= 4 is 18.0 Å². The lowest BCUT2D eigenvalue weighted by molar-refractivity contribution is -0.131. The first kappa shape index (κ1) is 19.2. The third-order valence-corrected chi connectivity index (χ3v) is 5.65. The van der Waals surface area contributed by atoms with Crippen LogP contribution in [0.3, 0.4) is 0 Å². The molecule has 2 N–H and O–H groups in total. The highest BCUT2D eigenvalue weighted by Gasteiger charge is 2.37. The highest BCUT2D eigenvalue weighted by Crippen LogP contribution is 2.39. The number of aliphatic imine (C=N–C) groups is 1. The van der Waals surface area contributed by atoms with Gasteiger partial charge in [-0.25, -0.2) is 0 Å². The number of methoxy groups -OCH3 is 1. The molecular weight excluding hydrogens is 370 g/mol. The Morgan fingerprint density at radius 2 is 2.10 bits per heavy atom. The molecule has 1 fully saturated rings. The van der Waals surface area contributed by atoms with Crippen LogP contribution in [0.5, 0.6) is 11.5 Å². The Bertz CT molecular complexity index is 899. The van der Waals surface area contributed by atoms with E-state index in [1.54, 1.807) is 36.7 Å². The van der Waals surface area contributed by atoms with E-state index in [9.17, 15) is 9.59 Å². The van der Waals surface area contributed by atoms with Crippen molar-refractivity contribution in [2.24, 2.45) is 16.6 Å². The number of benzene rings is 1. The third kappa shape index (κ3) is 3.90. The first-order valence-electron chi connectivity index (χ1n) is 9.93. The van der Waals surface area contributed by atoms with Crippen LogP contribution in [0.1, 0.15) is 43.7 Å². The lowest BCUT2D eigenvalue weighted by Gasteiger charge is -2.27. The minimum Gasteiger partial charge on any atom is -0.493 e. The van der Waals surface area contributed by atoms with Crippen molar-refractivity contribution in [2.45, 2.75) is 44.2 Å². The van der Waals surface area contributed by atoms with Gasteiger partial charge in [0.1, 0.15) is 0 Å². The maximum Gasteiger partial charge on any atom is 0.238 e. The van der Waals surface area contributed by atoms with Gasteiger partial charge in [0.05, 0.1) is 31.6 Å². The number of hydrogen-bond donors (Lipinski definition) is 1. The SMILES string of the molecule is COc1cc(C(CC(N)=O)N2C=C3C=NC=CC3C2=O)ccc1OC1CCCC1. The number of primary amides is 1. The molecule has 3 aliphatic rings. The van der Waals surface area contributed by atoms with Gasteiger partial charge in [-0.3, -0.25) is 14.6 Å². The molecule has 29 heavy (non-hydrogen) atoms. The summed E-state index contributed by atoms with van der Waals surface area (Å²) in [5.74, 6) is 0.317. The zero-order valence-electron chi connectivity index (χ0n) is 16.4. The molecule has 1 aromatic rings. The average molecular weight is 395 g/mol. The van der Waals surface area contributed by atoms with Gasteiger partial charge in [-0.2, -0.15) is 0 Å². The smallest absolute Gasteiger partial charge is 0.238 e. The molecule has 0 saturated heterocycles. The molecule has 1 saturated carbocycles. The van der Waals surface area contributed by atoms with Gasteiger partial charge in [-0.1, -0.05) is 6.07 Å². The number of amides is 2. The van der Waals surface area contributed by atoms with Crippen molar-refractivity contribution in [1.82, 2.24) is 4.90 Å². The highest BCUT2D eigenvalue weighted by molar-refractivity contribution is 5.99. The topological polar surface area (TPSA) is 94.2 Å². The number of carbonyl (C=O) groups excluding carboxylic acids is 2. The maximum absolute atomic E-state index is 12.9. The Labute approximate surface area is 169 Å². The Kier molecular flexibility index (Phi) is 5.38. The molecule has 0 bridgehead atoms. The van der Waals surface area contributed by atoms with Crippen LogP contribution < -0.4 is 15.2 Å². The average Bonchev–Trinajstić information content (AvgIpc) is 3.35. The van der Waals surface area contributed by atoms with Gasteiger partial charge in [-0.05, 0) is 49.5 Å². The monoisotopic (exact) mass is 395 g/mol. The molecule has 7 heteroatoms. The Hall–Kier alpha value is -3.09. The molecule has 2 atom stereocenters. The number of carbonyl (C=O) groups is 2. The van der Waals surface area contributed by atoms with E-state index in [0.29, 0.717) is 11.5 Å². The zero-order chi connectivity index (χ0) is 20.4. The van der Waals surface area contributed by atoms with E-state index < -0.39 is 11.9 Å². The second-order valence-electron chi connectivity index (χ2n) is 7.59. The van der Waals surface area contributed by atoms with E-state index in [4.69, 9.17) is 15.2 Å². The normalized spacial score (nSPS) is 21.8. The van der Waals surface area contributed by atoms with Gasteiger partial charge in [0.25, 0.3) is 0 Å². The second-order valence-corrected chi connectivity index (χ2v) is 7.59. The number of nitrogens with zero attached hydrogens (tertiary/aromatic N) is 2. The largest absolute Gasteiger partial charge is 0.493 e. The molecule has 0 radical (unpaired) electrons. The van der Waals surface area contributed by atoms with Crippen molar-refractivity contribution in [2.75, 3.05) is 7.11 Å². The molecule has 1 aromatic carbocycles. The van der Waals surface area contributed by atoms with E-state index >= 15 is 0 Å². The highest BCUT2D eigenvalue weighted by atomic mass is 16.5. The summed E-state index contributed by atoms with van der Waals surface area (Å²) in [6.07, 6.45) is 11.5. The van der Waals surface area contributed by atoms with Crippen LogP contribution in [-0.2, 0) is 9.59 Å². The fourth-order valence-corrected chi connectivity index (χ4v) is 4.17. The van der Waals surface area contributed by atoms with Crippen LogP contribution in [0, 0.1) is 5.92 Å². The summed E-state index contributed by atoms with van der Waals surface area (Å²) >= 11 is 0. The number of fused-ring (bicyclic) bond motifs is 1. The molecule has 2 aliphatic heterocycles. The molecule has 4 rings (SSSR count). The summed E-state index contributed by atoms with van der Waals surface area (Å²) in [4.78, 5) is 30.4. The number of hydrogen-bond acceptors (Lipinski definition) is 5. The number of ether oxygens (including phenoxy) is 2. The maximum atomic E-state index is 12.9. The van der Waals surface area contributed by atoms with E-state index in [1.807, 2.05) is 18.2 Å². The summed E-state index contributed by atoms with van der Waals surface area (Å²) in [5.41, 5.74) is 7.08. The van der Waals surface area contributed by atoms with Gasteiger partial charge in [0.2, 0.25) is 11.8 Å². The molecule has 0 spiro atoms. The standard InChI is InChI=1S/C22H25N3O4/c1-28-20-10-14(6-7-19(20)29-16-4-2-3-5-16)18(11-21(23)26)25-13-15-12-24-9-8-17(15)22(25)27/h6-10,12-13,16-18H,2-5,11H2,1H3,(H2,23,26). The Balaban J connectivity index is 1.64. The first-order chi connectivity index (χ1) is 14.1. The predicted molar refractivity (Wildman–Crippen MR) is 108 cm³/mol. The number of nitrogens with two attached hydrogens (primary N) is 1. The van der Waals surface area contributed by atoms with Crippen LogP contribution in [-0.4, -0.2) is 36.1 Å². The quantitative estimate of drug-likeness (QED) is 0.768. The first-order valence-corrected chi connectivity index (χ1v) is 9.93. The van der Waals surface area contributed by atoms with Gasteiger partial charge in [0.15, 0.2) is 11.5 Å². The van der Waals surface area contributed by atoms with Crippen molar-refractivity contribution in [3.8, 4) is 11.5 Å².